The van der Waals surface area contributed by atoms with Gasteiger partial charge in [-0.3, -0.25) is 4.79 Å². The van der Waals surface area contributed by atoms with Crippen LogP contribution in [0.1, 0.15) is 18.9 Å². The maximum Gasteiger partial charge on any atom is 0.277 e. The molecule has 0 unspecified atom stereocenters. The average molecular weight is 318 g/mol. The van der Waals surface area contributed by atoms with Gasteiger partial charge in [-0.15, -0.1) is 0 Å². The number of carbonyl (C=O) groups is 1. The highest BCUT2D eigenvalue weighted by molar-refractivity contribution is 6.00. The highest BCUT2D eigenvalue weighted by atomic mass is 19.1. The molecular formula is C17H16F2N2O2. The number of para-hydroxylation sites is 1. The van der Waals surface area contributed by atoms with E-state index in [9.17, 15) is 13.6 Å². The first kappa shape index (κ1) is 16.6. The van der Waals surface area contributed by atoms with Gasteiger partial charge in [-0.1, -0.05) is 31.2 Å². The van der Waals surface area contributed by atoms with Crippen molar-refractivity contribution in [2.75, 3.05) is 6.61 Å². The van der Waals surface area contributed by atoms with Crippen molar-refractivity contribution in [3.05, 3.63) is 65.7 Å². The molecule has 0 spiro atoms. The van der Waals surface area contributed by atoms with Crippen LogP contribution in [0.3, 0.4) is 0 Å². The Morgan fingerprint density at radius 3 is 2.48 bits per heavy atom. The van der Waals surface area contributed by atoms with Crippen LogP contribution in [0.25, 0.3) is 0 Å². The molecule has 2 aromatic carbocycles. The predicted molar refractivity (Wildman–Crippen MR) is 83.3 cm³/mol. The van der Waals surface area contributed by atoms with Crippen molar-refractivity contribution in [3.8, 4) is 5.75 Å². The van der Waals surface area contributed by atoms with E-state index >= 15 is 0 Å². The zero-order chi connectivity index (χ0) is 16.7. The molecule has 0 radical (unpaired) electrons. The van der Waals surface area contributed by atoms with Crippen LogP contribution < -0.4 is 10.2 Å². The molecule has 23 heavy (non-hydrogen) atoms. The lowest BCUT2D eigenvalue weighted by Gasteiger charge is -2.07. The number of hydrogen-bond acceptors (Lipinski definition) is 3. The van der Waals surface area contributed by atoms with E-state index in [0.717, 1.165) is 0 Å². The lowest BCUT2D eigenvalue weighted by molar-refractivity contribution is -0.123. The molecule has 0 aromatic heterocycles. The Morgan fingerprint density at radius 2 is 1.83 bits per heavy atom. The molecule has 6 heteroatoms. The third kappa shape index (κ3) is 4.88. The molecule has 2 rings (SSSR count). The quantitative estimate of drug-likeness (QED) is 0.656. The van der Waals surface area contributed by atoms with Gasteiger partial charge in [0.1, 0.15) is 5.82 Å². The number of carbonyl (C=O) groups excluding carboxylic acids is 1. The van der Waals surface area contributed by atoms with Crippen LogP contribution in [-0.2, 0) is 4.79 Å². The Bertz CT molecular complexity index is 700. The fourth-order valence-corrected chi connectivity index (χ4v) is 1.86. The van der Waals surface area contributed by atoms with E-state index in [1.165, 1.54) is 30.3 Å². The van der Waals surface area contributed by atoms with Crippen molar-refractivity contribution in [2.24, 2.45) is 5.10 Å². The summed E-state index contributed by atoms with van der Waals surface area (Å²) >= 11 is 0. The first-order chi connectivity index (χ1) is 11.1. The number of hydrogen-bond donors (Lipinski definition) is 1. The molecule has 0 aliphatic carbocycles. The molecule has 0 saturated heterocycles. The number of ether oxygens (including phenoxy) is 1. The van der Waals surface area contributed by atoms with Gasteiger partial charge in [-0.2, -0.15) is 5.10 Å². The largest absolute Gasteiger partial charge is 0.481 e. The zero-order valence-corrected chi connectivity index (χ0v) is 12.6. The molecule has 0 atom stereocenters. The zero-order valence-electron chi connectivity index (χ0n) is 12.6. The van der Waals surface area contributed by atoms with Crippen molar-refractivity contribution in [1.82, 2.24) is 5.43 Å². The number of nitrogens with one attached hydrogen (secondary N) is 1. The van der Waals surface area contributed by atoms with Gasteiger partial charge in [0.15, 0.2) is 18.2 Å². The van der Waals surface area contributed by atoms with Gasteiger partial charge in [-0.05, 0) is 36.2 Å². The molecule has 2 aromatic rings. The molecule has 1 amide bonds. The van der Waals surface area contributed by atoms with Crippen LogP contribution >= 0.6 is 0 Å². The summed E-state index contributed by atoms with van der Waals surface area (Å²) in [4.78, 5) is 11.7. The monoisotopic (exact) mass is 318 g/mol. The average Bonchev–Trinajstić information content (AvgIpc) is 2.56. The molecular weight excluding hydrogens is 302 g/mol. The van der Waals surface area contributed by atoms with Crippen molar-refractivity contribution in [2.45, 2.75) is 13.3 Å². The summed E-state index contributed by atoms with van der Waals surface area (Å²) in [6, 6.07) is 11.6. The minimum atomic E-state index is -0.538. The molecule has 4 nitrogen and oxygen atoms in total. The summed E-state index contributed by atoms with van der Waals surface area (Å²) in [6.45, 7) is 1.51. The van der Waals surface area contributed by atoms with E-state index in [4.69, 9.17) is 4.74 Å². The van der Waals surface area contributed by atoms with E-state index < -0.39 is 11.7 Å². The van der Waals surface area contributed by atoms with Gasteiger partial charge in [0.2, 0.25) is 0 Å². The van der Waals surface area contributed by atoms with Crippen molar-refractivity contribution >= 4 is 11.6 Å². The molecule has 0 fully saturated rings. The predicted octanol–water partition coefficient (Wildman–Crippen LogP) is 3.27. The number of amides is 1. The van der Waals surface area contributed by atoms with E-state index in [0.29, 0.717) is 17.7 Å². The molecule has 0 bridgehead atoms. The molecule has 1 N–H and O–H groups in total. The fourth-order valence-electron chi connectivity index (χ4n) is 1.86. The Balaban J connectivity index is 1.93. The van der Waals surface area contributed by atoms with E-state index in [2.05, 4.69) is 10.5 Å². The Kier molecular flexibility index (Phi) is 5.80. The van der Waals surface area contributed by atoms with Crippen molar-refractivity contribution < 1.29 is 18.3 Å². The van der Waals surface area contributed by atoms with Gasteiger partial charge < -0.3 is 4.74 Å². The van der Waals surface area contributed by atoms with Crippen LogP contribution in [0.4, 0.5) is 8.78 Å². The smallest absolute Gasteiger partial charge is 0.277 e. The van der Waals surface area contributed by atoms with E-state index in [1.54, 1.807) is 18.2 Å². The number of halogens is 2. The van der Waals surface area contributed by atoms with Gasteiger partial charge in [0.05, 0.1) is 5.71 Å². The normalized spacial score (nSPS) is 11.2. The van der Waals surface area contributed by atoms with Crippen LogP contribution in [0, 0.1) is 11.6 Å². The van der Waals surface area contributed by atoms with Crippen LogP contribution in [0.2, 0.25) is 0 Å². The second kappa shape index (κ2) is 8.03. The second-order valence-corrected chi connectivity index (χ2v) is 4.67. The van der Waals surface area contributed by atoms with Crippen LogP contribution in [0.5, 0.6) is 5.75 Å². The first-order valence-electron chi connectivity index (χ1n) is 7.09. The molecule has 0 aliphatic heterocycles. The second-order valence-electron chi connectivity index (χ2n) is 4.67. The summed E-state index contributed by atoms with van der Waals surface area (Å²) in [5, 5.41) is 4.00. The Hall–Kier alpha value is -2.76. The minimum Gasteiger partial charge on any atom is -0.481 e. The number of rotatable bonds is 6. The van der Waals surface area contributed by atoms with Gasteiger partial charge in [0, 0.05) is 0 Å². The van der Waals surface area contributed by atoms with Gasteiger partial charge in [0.25, 0.3) is 5.91 Å². The standard InChI is InChI=1S/C17H16F2N2O2/c1-2-15(12-7-9-13(18)10-8-12)20-21-17(22)11-23-16-6-4-3-5-14(16)19/h3-10H,2,11H2,1H3,(H,21,22)/b20-15-. The summed E-state index contributed by atoms with van der Waals surface area (Å²) in [6.07, 6.45) is 0.556. The topological polar surface area (TPSA) is 50.7 Å². The van der Waals surface area contributed by atoms with Crippen LogP contribution in [0.15, 0.2) is 53.6 Å². The summed E-state index contributed by atoms with van der Waals surface area (Å²) in [7, 11) is 0. The van der Waals surface area contributed by atoms with E-state index in [1.807, 2.05) is 6.92 Å². The first-order valence-corrected chi connectivity index (χ1v) is 7.09. The van der Waals surface area contributed by atoms with Gasteiger partial charge >= 0.3 is 0 Å². The highest BCUT2D eigenvalue weighted by Gasteiger charge is 2.07. The summed E-state index contributed by atoms with van der Waals surface area (Å²) in [5.74, 6) is -1.39. The van der Waals surface area contributed by atoms with Gasteiger partial charge in [-0.25, -0.2) is 14.2 Å². The van der Waals surface area contributed by atoms with Crippen molar-refractivity contribution in [1.29, 1.82) is 0 Å². The number of nitrogens with zero attached hydrogens (tertiary/aromatic N) is 1. The molecule has 120 valence electrons. The third-order valence-electron chi connectivity index (χ3n) is 3.02. The lowest BCUT2D eigenvalue weighted by Crippen LogP contribution is -2.26. The fraction of sp³-hybridized carbons (Fsp3) is 0.176. The minimum absolute atomic E-state index is 0.000814. The molecule has 0 heterocycles. The van der Waals surface area contributed by atoms with E-state index in [-0.39, 0.29) is 18.2 Å². The van der Waals surface area contributed by atoms with Crippen molar-refractivity contribution in [3.63, 3.8) is 0 Å². The lowest BCUT2D eigenvalue weighted by atomic mass is 10.1. The maximum absolute atomic E-state index is 13.3. The van der Waals surface area contributed by atoms with Crippen LogP contribution in [-0.4, -0.2) is 18.2 Å². The highest BCUT2D eigenvalue weighted by Crippen LogP contribution is 2.14. The molecule has 0 aliphatic rings. The Morgan fingerprint density at radius 1 is 1.13 bits per heavy atom. The maximum atomic E-state index is 13.3. The Labute approximate surface area is 132 Å². The summed E-state index contributed by atoms with van der Waals surface area (Å²) < 4.78 is 31.3. The SMILES string of the molecule is CC/C(=N/NC(=O)COc1ccccc1F)c1ccc(F)cc1. The molecule has 0 saturated carbocycles. The summed E-state index contributed by atoms with van der Waals surface area (Å²) in [5.41, 5.74) is 3.66. The third-order valence-corrected chi connectivity index (χ3v) is 3.02. The number of hydrazone groups is 1. The number of benzene rings is 2.